The predicted molar refractivity (Wildman–Crippen MR) is 87.0 cm³/mol. The largest absolute Gasteiger partial charge is 0.298 e. The van der Waals surface area contributed by atoms with Crippen LogP contribution in [0.2, 0.25) is 0 Å². The number of hydrogen-bond acceptors (Lipinski definition) is 2. The minimum absolute atomic E-state index is 0.241. The van der Waals surface area contributed by atoms with E-state index in [1.54, 1.807) is 0 Å². The summed E-state index contributed by atoms with van der Waals surface area (Å²) >= 11 is 0. The third-order valence-electron chi connectivity index (χ3n) is 3.67. The van der Waals surface area contributed by atoms with Gasteiger partial charge in [0.15, 0.2) is 0 Å². The molecule has 2 heteroatoms. The van der Waals surface area contributed by atoms with Crippen molar-refractivity contribution in [3.05, 3.63) is 71.3 Å². The fraction of sp³-hybridized carbons (Fsp3) is 0.316. The van der Waals surface area contributed by atoms with Gasteiger partial charge >= 0.3 is 0 Å². The molecule has 2 aromatic rings. The molecular weight excluding hydrogens is 256 g/mol. The zero-order chi connectivity index (χ0) is 15.1. The Bertz CT molecular complexity index is 579. The second-order valence-electron chi connectivity index (χ2n) is 5.57. The normalized spacial score (nSPS) is 12.1. The highest BCUT2D eigenvalue weighted by Gasteiger charge is 2.09. The van der Waals surface area contributed by atoms with Crippen LogP contribution in [0, 0.1) is 11.3 Å². The molecule has 0 saturated carbocycles. The van der Waals surface area contributed by atoms with Gasteiger partial charge in [0.1, 0.15) is 6.04 Å². The molecule has 0 bridgehead atoms. The Labute approximate surface area is 127 Å². The lowest BCUT2D eigenvalue weighted by Crippen LogP contribution is -2.22. The van der Waals surface area contributed by atoms with Crippen molar-refractivity contribution in [1.82, 2.24) is 5.32 Å². The van der Waals surface area contributed by atoms with E-state index in [2.05, 4.69) is 61.6 Å². The Kier molecular flexibility index (Phi) is 5.54. The highest BCUT2D eigenvalue weighted by atomic mass is 14.9. The molecule has 2 rings (SSSR count). The van der Waals surface area contributed by atoms with E-state index in [-0.39, 0.29) is 6.04 Å². The number of nitrogens with one attached hydrogen (secondary N) is 1. The van der Waals surface area contributed by atoms with Crippen LogP contribution in [0.3, 0.4) is 0 Å². The van der Waals surface area contributed by atoms with Gasteiger partial charge in [0.2, 0.25) is 0 Å². The molecule has 2 aromatic carbocycles. The molecule has 0 spiro atoms. The quantitative estimate of drug-likeness (QED) is 0.859. The molecule has 1 N–H and O–H groups in total. The van der Waals surface area contributed by atoms with Crippen LogP contribution in [0.25, 0.3) is 0 Å². The molecule has 1 unspecified atom stereocenters. The van der Waals surface area contributed by atoms with Gasteiger partial charge in [-0.1, -0.05) is 68.4 Å². The average molecular weight is 278 g/mol. The molecule has 0 saturated heterocycles. The lowest BCUT2D eigenvalue weighted by atomic mass is 9.99. The summed E-state index contributed by atoms with van der Waals surface area (Å²) in [4.78, 5) is 0. The molecule has 0 fully saturated rings. The van der Waals surface area contributed by atoms with Crippen LogP contribution < -0.4 is 5.32 Å². The zero-order valence-electron chi connectivity index (χ0n) is 12.7. The van der Waals surface area contributed by atoms with Crippen molar-refractivity contribution in [3.8, 4) is 6.07 Å². The Morgan fingerprint density at radius 3 is 2.14 bits per heavy atom. The summed E-state index contributed by atoms with van der Waals surface area (Å²) in [5.74, 6) is 0.519. The van der Waals surface area contributed by atoms with Crippen molar-refractivity contribution >= 4 is 0 Å². The van der Waals surface area contributed by atoms with Gasteiger partial charge < -0.3 is 0 Å². The maximum atomic E-state index is 9.34. The van der Waals surface area contributed by atoms with E-state index < -0.39 is 0 Å². The van der Waals surface area contributed by atoms with E-state index >= 15 is 0 Å². The summed E-state index contributed by atoms with van der Waals surface area (Å²) in [7, 11) is 0. The van der Waals surface area contributed by atoms with Crippen molar-refractivity contribution in [2.24, 2.45) is 0 Å². The smallest absolute Gasteiger partial charge is 0.121 e. The maximum absolute atomic E-state index is 9.34. The second kappa shape index (κ2) is 7.61. The monoisotopic (exact) mass is 278 g/mol. The first kappa shape index (κ1) is 15.3. The molecule has 0 aromatic heterocycles. The van der Waals surface area contributed by atoms with E-state index in [4.69, 9.17) is 0 Å². The Morgan fingerprint density at radius 2 is 1.57 bits per heavy atom. The maximum Gasteiger partial charge on any atom is 0.121 e. The zero-order valence-corrected chi connectivity index (χ0v) is 12.7. The third-order valence-corrected chi connectivity index (χ3v) is 3.67. The van der Waals surface area contributed by atoms with Gasteiger partial charge in [0.05, 0.1) is 6.07 Å². The molecule has 108 valence electrons. The molecule has 2 nitrogen and oxygen atoms in total. The number of rotatable bonds is 6. The van der Waals surface area contributed by atoms with Crippen LogP contribution in [0.4, 0.5) is 0 Å². The minimum Gasteiger partial charge on any atom is -0.298 e. The fourth-order valence-corrected chi connectivity index (χ4v) is 2.32. The number of nitriles is 1. The van der Waals surface area contributed by atoms with Crippen molar-refractivity contribution in [2.45, 2.75) is 32.2 Å². The fourth-order valence-electron chi connectivity index (χ4n) is 2.32. The highest BCUT2D eigenvalue weighted by molar-refractivity contribution is 5.29. The Hall–Kier alpha value is -2.11. The van der Waals surface area contributed by atoms with Gasteiger partial charge in [0, 0.05) is 6.54 Å². The van der Waals surface area contributed by atoms with Crippen LogP contribution in [-0.2, 0) is 6.42 Å². The number of benzene rings is 2. The van der Waals surface area contributed by atoms with Crippen LogP contribution in [0.15, 0.2) is 54.6 Å². The molecule has 0 amide bonds. The van der Waals surface area contributed by atoms with E-state index in [9.17, 15) is 5.26 Å². The highest BCUT2D eigenvalue weighted by Crippen LogP contribution is 2.18. The predicted octanol–water partition coefficient (Wildman–Crippen LogP) is 4.21. The molecule has 0 aliphatic heterocycles. The summed E-state index contributed by atoms with van der Waals surface area (Å²) in [5, 5.41) is 12.7. The van der Waals surface area contributed by atoms with Crippen molar-refractivity contribution in [3.63, 3.8) is 0 Å². The summed E-state index contributed by atoms with van der Waals surface area (Å²) < 4.78 is 0. The lowest BCUT2D eigenvalue weighted by Gasteiger charge is -2.13. The number of hydrogen-bond donors (Lipinski definition) is 1. The van der Waals surface area contributed by atoms with Crippen LogP contribution in [0.5, 0.6) is 0 Å². The van der Waals surface area contributed by atoms with E-state index in [1.807, 2.05) is 18.2 Å². The first-order valence-electron chi connectivity index (χ1n) is 7.47. The van der Waals surface area contributed by atoms with E-state index in [0.717, 1.165) is 18.5 Å². The van der Waals surface area contributed by atoms with Crippen LogP contribution >= 0.6 is 0 Å². The average Bonchev–Trinajstić information content (AvgIpc) is 2.53. The molecule has 1 atom stereocenters. The number of nitrogens with zero attached hydrogens (tertiary/aromatic N) is 1. The van der Waals surface area contributed by atoms with Gasteiger partial charge in [0.25, 0.3) is 0 Å². The van der Waals surface area contributed by atoms with Crippen LogP contribution in [-0.4, -0.2) is 6.54 Å². The van der Waals surface area contributed by atoms with Gasteiger partial charge in [-0.2, -0.15) is 5.26 Å². The molecule has 0 radical (unpaired) electrons. The second-order valence-corrected chi connectivity index (χ2v) is 5.57. The van der Waals surface area contributed by atoms with Gasteiger partial charge in [-0.3, -0.25) is 5.32 Å². The standard InChI is InChI=1S/C19H22N2/c1-15(2)17-8-10-18(11-9-17)19(14-20)21-13-12-16-6-4-3-5-7-16/h3-11,15,19,21H,12-13H2,1-2H3. The molecule has 0 aliphatic carbocycles. The Balaban J connectivity index is 1.92. The minimum atomic E-state index is -0.241. The lowest BCUT2D eigenvalue weighted by molar-refractivity contribution is 0.629. The first-order valence-corrected chi connectivity index (χ1v) is 7.47. The topological polar surface area (TPSA) is 35.8 Å². The summed E-state index contributed by atoms with van der Waals surface area (Å²) in [6, 6.07) is 20.8. The van der Waals surface area contributed by atoms with Gasteiger partial charge in [-0.15, -0.1) is 0 Å². The van der Waals surface area contributed by atoms with Crippen LogP contribution in [0.1, 0.15) is 42.5 Å². The third kappa shape index (κ3) is 4.44. The van der Waals surface area contributed by atoms with Gasteiger partial charge in [-0.25, -0.2) is 0 Å². The molecule has 21 heavy (non-hydrogen) atoms. The molecule has 0 aliphatic rings. The Morgan fingerprint density at radius 1 is 0.952 bits per heavy atom. The van der Waals surface area contributed by atoms with E-state index in [0.29, 0.717) is 5.92 Å². The molecular formula is C19H22N2. The van der Waals surface area contributed by atoms with Crippen molar-refractivity contribution in [2.75, 3.05) is 6.54 Å². The molecule has 0 heterocycles. The summed E-state index contributed by atoms with van der Waals surface area (Å²) in [6.07, 6.45) is 0.934. The van der Waals surface area contributed by atoms with E-state index in [1.165, 1.54) is 11.1 Å². The first-order chi connectivity index (χ1) is 10.2. The summed E-state index contributed by atoms with van der Waals surface area (Å²) in [6.45, 7) is 5.15. The summed E-state index contributed by atoms with van der Waals surface area (Å²) in [5.41, 5.74) is 3.63. The SMILES string of the molecule is CC(C)c1ccc(C(C#N)NCCc2ccccc2)cc1. The van der Waals surface area contributed by atoms with Crippen molar-refractivity contribution < 1.29 is 0 Å². The van der Waals surface area contributed by atoms with Gasteiger partial charge in [-0.05, 0) is 29.0 Å². The van der Waals surface area contributed by atoms with Crippen molar-refractivity contribution in [1.29, 1.82) is 5.26 Å².